The number of carbonyl (C=O) groups excluding carboxylic acids is 3. The summed E-state index contributed by atoms with van der Waals surface area (Å²) < 4.78 is 7.60. The summed E-state index contributed by atoms with van der Waals surface area (Å²) in [5.74, 6) is -0.207. The van der Waals surface area contributed by atoms with Crippen LogP contribution < -0.4 is 10.1 Å². The molecule has 2 aliphatic carbocycles. The first-order valence-electron chi connectivity index (χ1n) is 12.9. The van der Waals surface area contributed by atoms with Gasteiger partial charge in [-0.2, -0.15) is 0 Å². The summed E-state index contributed by atoms with van der Waals surface area (Å²) >= 11 is 7.21. The molecular weight excluding hydrogens is 612 g/mol. The number of Topliss-reactive ketones (excluding diaryl/α,β-unsaturated/α-hetero) is 2. The van der Waals surface area contributed by atoms with Gasteiger partial charge in [0.25, 0.3) is 5.91 Å². The van der Waals surface area contributed by atoms with Crippen molar-refractivity contribution in [1.82, 2.24) is 4.90 Å². The first-order valence-corrected chi connectivity index (χ1v) is 14.5. The van der Waals surface area contributed by atoms with Crippen molar-refractivity contribution in [2.24, 2.45) is 0 Å². The average molecular weight is 642 g/mol. The number of nitrogens with zero attached hydrogens (tertiary/aromatic N) is 1. The molecule has 2 aromatic rings. The zero-order valence-corrected chi connectivity index (χ0v) is 24.9. The van der Waals surface area contributed by atoms with Crippen LogP contribution in [0, 0.1) is 13.8 Å². The summed E-state index contributed by atoms with van der Waals surface area (Å²) in [6, 6.07) is 9.53. The van der Waals surface area contributed by atoms with Gasteiger partial charge >= 0.3 is 0 Å². The van der Waals surface area contributed by atoms with E-state index in [0.29, 0.717) is 45.5 Å². The van der Waals surface area contributed by atoms with E-state index in [1.807, 2.05) is 51.2 Å². The molecule has 0 radical (unpaired) electrons. The Bertz CT molecular complexity index is 1380. The first-order chi connectivity index (χ1) is 18.2. The lowest BCUT2D eigenvalue weighted by Gasteiger charge is -2.42. The van der Waals surface area contributed by atoms with Gasteiger partial charge in [0.1, 0.15) is 5.75 Å². The van der Waals surface area contributed by atoms with Gasteiger partial charge in [-0.25, -0.2) is 0 Å². The van der Waals surface area contributed by atoms with E-state index in [2.05, 4.69) is 42.1 Å². The Kier molecular flexibility index (Phi) is 7.65. The number of hydrogen-bond donors (Lipinski definition) is 1. The van der Waals surface area contributed by atoms with Crippen molar-refractivity contribution >= 4 is 55.0 Å². The highest BCUT2D eigenvalue weighted by molar-refractivity contribution is 9.11. The van der Waals surface area contributed by atoms with Gasteiger partial charge in [0.05, 0.1) is 4.47 Å². The molecule has 6 nitrogen and oxygen atoms in total. The van der Waals surface area contributed by atoms with E-state index in [0.717, 1.165) is 52.7 Å². The number of allylic oxidation sites excluding steroid dienone is 4. The van der Waals surface area contributed by atoms with E-state index in [1.54, 1.807) is 0 Å². The summed E-state index contributed by atoms with van der Waals surface area (Å²) in [5, 5.41) is 2.90. The fourth-order valence-corrected chi connectivity index (χ4v) is 7.14. The minimum absolute atomic E-state index is 0.0718. The molecule has 1 heterocycles. The van der Waals surface area contributed by atoms with Gasteiger partial charge in [-0.3, -0.25) is 14.4 Å². The van der Waals surface area contributed by atoms with Gasteiger partial charge in [-0.1, -0.05) is 22.0 Å². The van der Waals surface area contributed by atoms with E-state index >= 15 is 0 Å². The molecule has 198 valence electrons. The number of halogens is 2. The Balaban J connectivity index is 1.54. The normalized spacial score (nSPS) is 18.0. The van der Waals surface area contributed by atoms with Crippen LogP contribution in [0.4, 0.5) is 5.69 Å². The Hall–Kier alpha value is -2.71. The lowest BCUT2D eigenvalue weighted by atomic mass is 9.71. The molecule has 38 heavy (non-hydrogen) atoms. The molecule has 0 bridgehead atoms. The highest BCUT2D eigenvalue weighted by atomic mass is 79.9. The zero-order valence-electron chi connectivity index (χ0n) is 21.7. The number of rotatable bonds is 5. The molecule has 1 amide bonds. The maximum absolute atomic E-state index is 13.4. The third-order valence-corrected chi connectivity index (χ3v) is 8.78. The van der Waals surface area contributed by atoms with E-state index in [1.165, 1.54) is 0 Å². The predicted molar refractivity (Wildman–Crippen MR) is 154 cm³/mol. The molecule has 0 fully saturated rings. The summed E-state index contributed by atoms with van der Waals surface area (Å²) in [5.41, 5.74) is 7.01. The van der Waals surface area contributed by atoms with Crippen molar-refractivity contribution in [2.45, 2.75) is 58.3 Å². The fourth-order valence-electron chi connectivity index (χ4n) is 5.76. The van der Waals surface area contributed by atoms with E-state index in [4.69, 9.17) is 4.74 Å². The van der Waals surface area contributed by atoms with Crippen LogP contribution >= 0.6 is 31.9 Å². The molecule has 0 saturated heterocycles. The van der Waals surface area contributed by atoms with Crippen LogP contribution in [0.5, 0.6) is 5.75 Å². The SMILES string of the molecule is Cc1ccc(NC(=O)COc2c(Br)cc(Br)cc2C2C3=C(CCCC3=O)N(C)C3=C2C(=O)CCC3)cc1C. The molecule has 0 spiro atoms. The van der Waals surface area contributed by atoms with Crippen molar-refractivity contribution in [1.29, 1.82) is 0 Å². The fraction of sp³-hybridized carbons (Fsp3) is 0.367. The maximum atomic E-state index is 13.4. The standard InChI is InChI=1S/C30H30Br2N2O4/c1-16-10-11-19(12-17(16)2)33-26(37)15-38-30-20(13-18(31)14-21(30)32)27-28-22(6-4-8-24(28)35)34(3)23-7-5-9-25(36)29(23)27/h10-14,27H,4-9,15H2,1-3H3,(H,33,37). The topological polar surface area (TPSA) is 75.7 Å². The minimum atomic E-state index is -0.525. The lowest BCUT2D eigenvalue weighted by molar-refractivity contribution is -0.119. The van der Waals surface area contributed by atoms with Crippen LogP contribution in [0.2, 0.25) is 0 Å². The number of nitrogens with one attached hydrogen (secondary N) is 1. The van der Waals surface area contributed by atoms with Crippen molar-refractivity contribution in [2.75, 3.05) is 19.0 Å². The molecule has 3 aliphatic rings. The molecular formula is C30H30Br2N2O4. The highest BCUT2D eigenvalue weighted by Crippen LogP contribution is 2.51. The molecule has 8 heteroatoms. The van der Waals surface area contributed by atoms with Crippen molar-refractivity contribution in [3.8, 4) is 5.75 Å². The van der Waals surface area contributed by atoms with Gasteiger partial charge in [-0.15, -0.1) is 0 Å². The summed E-state index contributed by atoms with van der Waals surface area (Å²) in [4.78, 5) is 41.7. The number of aryl methyl sites for hydroxylation is 2. The third-order valence-electron chi connectivity index (χ3n) is 7.73. The Morgan fingerprint density at radius 2 is 1.58 bits per heavy atom. The molecule has 1 aliphatic heterocycles. The second kappa shape index (κ2) is 10.8. The molecule has 0 aromatic heterocycles. The number of hydrogen-bond acceptors (Lipinski definition) is 5. The average Bonchev–Trinajstić information content (AvgIpc) is 2.86. The van der Waals surface area contributed by atoms with Crippen LogP contribution in [-0.4, -0.2) is 36.0 Å². The van der Waals surface area contributed by atoms with Crippen LogP contribution in [0.3, 0.4) is 0 Å². The maximum Gasteiger partial charge on any atom is 0.262 e. The van der Waals surface area contributed by atoms with Gasteiger partial charge in [0, 0.05) is 64.1 Å². The number of ether oxygens (including phenoxy) is 1. The zero-order chi connectivity index (χ0) is 27.1. The van der Waals surface area contributed by atoms with Gasteiger partial charge < -0.3 is 15.0 Å². The van der Waals surface area contributed by atoms with Crippen molar-refractivity contribution in [3.63, 3.8) is 0 Å². The van der Waals surface area contributed by atoms with Crippen LogP contribution in [0.15, 0.2) is 61.8 Å². The Labute approximate surface area is 239 Å². The molecule has 0 atom stereocenters. The van der Waals surface area contributed by atoms with Gasteiger partial charge in [0.15, 0.2) is 18.2 Å². The Morgan fingerprint density at radius 3 is 2.18 bits per heavy atom. The predicted octanol–water partition coefficient (Wildman–Crippen LogP) is 6.89. The largest absolute Gasteiger partial charge is 0.482 e. The molecule has 1 N–H and O–H groups in total. The van der Waals surface area contributed by atoms with Crippen molar-refractivity contribution < 1.29 is 19.1 Å². The van der Waals surface area contributed by atoms with Gasteiger partial charge in [-0.05, 0) is 90.9 Å². The first kappa shape index (κ1) is 26.9. The quantitative estimate of drug-likeness (QED) is 0.385. The molecule has 0 saturated carbocycles. The molecule has 2 aromatic carbocycles. The highest BCUT2D eigenvalue weighted by Gasteiger charge is 2.43. The summed E-state index contributed by atoms with van der Waals surface area (Å²) in [7, 11) is 1.98. The number of benzene rings is 2. The van der Waals surface area contributed by atoms with Crippen LogP contribution in [0.1, 0.15) is 61.1 Å². The van der Waals surface area contributed by atoms with E-state index in [9.17, 15) is 14.4 Å². The number of anilines is 1. The summed E-state index contributed by atoms with van der Waals surface area (Å²) in [6.07, 6.45) is 4.12. The second-order valence-corrected chi connectivity index (χ2v) is 12.0. The van der Waals surface area contributed by atoms with Gasteiger partial charge in [0.2, 0.25) is 0 Å². The van der Waals surface area contributed by atoms with Crippen molar-refractivity contribution in [3.05, 3.63) is 78.5 Å². The summed E-state index contributed by atoms with van der Waals surface area (Å²) in [6.45, 7) is 3.81. The van der Waals surface area contributed by atoms with Crippen LogP contribution in [0.25, 0.3) is 0 Å². The lowest BCUT2D eigenvalue weighted by Crippen LogP contribution is -2.37. The Morgan fingerprint density at radius 1 is 0.947 bits per heavy atom. The smallest absolute Gasteiger partial charge is 0.262 e. The monoisotopic (exact) mass is 640 g/mol. The minimum Gasteiger partial charge on any atom is -0.482 e. The van der Waals surface area contributed by atoms with E-state index in [-0.39, 0.29) is 24.1 Å². The van der Waals surface area contributed by atoms with Crippen LogP contribution in [-0.2, 0) is 14.4 Å². The third kappa shape index (κ3) is 5.00. The second-order valence-electron chi connectivity index (χ2n) is 10.2. The number of carbonyl (C=O) groups is 3. The number of ketones is 2. The molecule has 5 rings (SSSR count). The molecule has 0 unspecified atom stereocenters. The number of amides is 1. The van der Waals surface area contributed by atoms with E-state index < -0.39 is 5.92 Å².